The summed E-state index contributed by atoms with van der Waals surface area (Å²) in [5.74, 6) is 0.322. The number of aromatic nitrogens is 3. The van der Waals surface area contributed by atoms with Gasteiger partial charge in [-0.25, -0.2) is 9.37 Å². The quantitative estimate of drug-likeness (QED) is 0.347. The highest BCUT2D eigenvalue weighted by atomic mass is 35.5. The monoisotopic (exact) mass is 545 g/mol. The molecule has 4 aromatic rings. The molecule has 0 unspecified atom stereocenters. The van der Waals surface area contributed by atoms with Crippen LogP contribution in [0.3, 0.4) is 0 Å². The molecule has 2 aliphatic rings. The Morgan fingerprint density at radius 1 is 1.03 bits per heavy atom. The molecular weight excluding hydrogens is 524 g/mol. The van der Waals surface area contributed by atoms with Crippen LogP contribution in [0, 0.1) is 12.7 Å². The molecule has 0 radical (unpaired) electrons. The number of fused-ring (bicyclic) bond motifs is 1. The molecule has 1 saturated heterocycles. The first-order valence-corrected chi connectivity index (χ1v) is 13.7. The largest absolute Gasteiger partial charge is 0.350 e. The van der Waals surface area contributed by atoms with Crippen LogP contribution in [0.25, 0.3) is 10.9 Å². The third kappa shape index (κ3) is 3.72. The second kappa shape index (κ2) is 8.33. The molecule has 3 heterocycles. The van der Waals surface area contributed by atoms with Crippen molar-refractivity contribution in [3.8, 4) is 0 Å². The van der Waals surface area contributed by atoms with Gasteiger partial charge in [0.2, 0.25) is 0 Å². The normalized spacial score (nSPS) is 17.2. The Morgan fingerprint density at radius 3 is 2.47 bits per heavy atom. The van der Waals surface area contributed by atoms with Gasteiger partial charge in [-0.15, -0.1) is 5.10 Å². The molecule has 7 nitrogen and oxygen atoms in total. The van der Waals surface area contributed by atoms with E-state index in [0.717, 1.165) is 22.5 Å². The van der Waals surface area contributed by atoms with Gasteiger partial charge in [0.25, 0.3) is 10.0 Å². The van der Waals surface area contributed by atoms with Crippen molar-refractivity contribution in [3.05, 3.63) is 76.2 Å². The zero-order chi connectivity index (χ0) is 25.2. The van der Waals surface area contributed by atoms with Gasteiger partial charge in [-0.2, -0.15) is 12.5 Å². The summed E-state index contributed by atoms with van der Waals surface area (Å²) in [6.45, 7) is 3.42. The van der Waals surface area contributed by atoms with Crippen molar-refractivity contribution in [2.75, 3.05) is 29.4 Å². The molecule has 36 heavy (non-hydrogen) atoms. The van der Waals surface area contributed by atoms with Gasteiger partial charge < -0.3 is 9.80 Å². The second-order valence-electron chi connectivity index (χ2n) is 9.38. The smallest absolute Gasteiger partial charge is 0.283 e. The molecule has 186 valence electrons. The Kier molecular flexibility index (Phi) is 5.44. The van der Waals surface area contributed by atoms with Gasteiger partial charge in [0.05, 0.1) is 31.4 Å². The van der Waals surface area contributed by atoms with Gasteiger partial charge in [0, 0.05) is 25.8 Å². The SMILES string of the molecule is Cc1ccc(S(=O)(=O)n2nc(N3CCN(c4ncc(Cl)cc4F)CC34CC4)c3c(Cl)cccc32)cc1. The molecule has 0 amide bonds. The van der Waals surface area contributed by atoms with Gasteiger partial charge in [-0.1, -0.05) is 47.0 Å². The molecule has 1 aliphatic heterocycles. The van der Waals surface area contributed by atoms with Gasteiger partial charge in [-0.3, -0.25) is 0 Å². The fourth-order valence-corrected chi connectivity index (χ4v) is 6.64. The minimum absolute atomic E-state index is 0.152. The highest BCUT2D eigenvalue weighted by Crippen LogP contribution is 2.49. The van der Waals surface area contributed by atoms with Crippen molar-refractivity contribution in [2.24, 2.45) is 0 Å². The van der Waals surface area contributed by atoms with E-state index in [9.17, 15) is 12.8 Å². The zero-order valence-corrected chi connectivity index (χ0v) is 21.7. The Hall–Kier alpha value is -2.88. The predicted molar refractivity (Wildman–Crippen MR) is 139 cm³/mol. The molecule has 0 atom stereocenters. The Balaban J connectivity index is 1.43. The lowest BCUT2D eigenvalue weighted by Gasteiger charge is -2.43. The van der Waals surface area contributed by atoms with Gasteiger partial charge in [0.1, 0.15) is 0 Å². The van der Waals surface area contributed by atoms with Crippen LogP contribution in [0.2, 0.25) is 10.0 Å². The molecule has 0 bridgehead atoms. The molecular formula is C25H22Cl2FN5O2S. The van der Waals surface area contributed by atoms with Crippen molar-refractivity contribution in [2.45, 2.75) is 30.2 Å². The van der Waals surface area contributed by atoms with E-state index in [-0.39, 0.29) is 21.3 Å². The van der Waals surface area contributed by atoms with Crippen molar-refractivity contribution < 1.29 is 12.8 Å². The summed E-state index contributed by atoms with van der Waals surface area (Å²) in [4.78, 5) is 8.41. The molecule has 6 rings (SSSR count). The fraction of sp³-hybridized carbons (Fsp3) is 0.280. The average molecular weight is 546 g/mol. The summed E-state index contributed by atoms with van der Waals surface area (Å²) in [7, 11) is -3.96. The number of hydrogen-bond donors (Lipinski definition) is 0. The molecule has 1 saturated carbocycles. The van der Waals surface area contributed by atoms with Crippen molar-refractivity contribution in [3.63, 3.8) is 0 Å². The minimum Gasteiger partial charge on any atom is -0.350 e. The summed E-state index contributed by atoms with van der Waals surface area (Å²) in [5, 5.41) is 5.91. The van der Waals surface area contributed by atoms with Crippen LogP contribution >= 0.6 is 23.2 Å². The zero-order valence-electron chi connectivity index (χ0n) is 19.3. The van der Waals surface area contributed by atoms with Crippen LogP contribution in [-0.2, 0) is 10.0 Å². The minimum atomic E-state index is -3.96. The number of rotatable bonds is 4. The lowest BCUT2D eigenvalue weighted by atomic mass is 10.1. The second-order valence-corrected chi connectivity index (χ2v) is 12.0. The Morgan fingerprint density at radius 2 is 1.78 bits per heavy atom. The maximum Gasteiger partial charge on any atom is 0.283 e. The van der Waals surface area contributed by atoms with E-state index in [2.05, 4.69) is 15.0 Å². The number of halogens is 3. The molecule has 1 spiro atoms. The highest BCUT2D eigenvalue weighted by Gasteiger charge is 2.53. The van der Waals surface area contributed by atoms with Crippen LogP contribution in [-0.4, -0.2) is 47.8 Å². The number of aryl methyl sites for hydroxylation is 1. The summed E-state index contributed by atoms with van der Waals surface area (Å²) in [5.41, 5.74) is 1.06. The molecule has 2 aromatic carbocycles. The number of pyridine rings is 1. The first kappa shape index (κ1) is 23.5. The van der Waals surface area contributed by atoms with Crippen molar-refractivity contribution in [1.29, 1.82) is 0 Å². The van der Waals surface area contributed by atoms with E-state index in [4.69, 9.17) is 23.2 Å². The van der Waals surface area contributed by atoms with Crippen molar-refractivity contribution in [1.82, 2.24) is 14.2 Å². The van der Waals surface area contributed by atoms with Crippen LogP contribution in [0.4, 0.5) is 16.0 Å². The summed E-state index contributed by atoms with van der Waals surface area (Å²) in [6.07, 6.45) is 3.17. The molecule has 11 heteroatoms. The number of hydrogen-bond acceptors (Lipinski definition) is 6. The van der Waals surface area contributed by atoms with Gasteiger partial charge in [-0.05, 0) is 50.1 Å². The third-order valence-corrected chi connectivity index (χ3v) is 9.10. The van der Waals surface area contributed by atoms with Gasteiger partial charge >= 0.3 is 0 Å². The number of benzene rings is 2. The van der Waals surface area contributed by atoms with Crippen LogP contribution in [0.15, 0.2) is 59.6 Å². The number of anilines is 2. The topological polar surface area (TPSA) is 71.3 Å². The van der Waals surface area contributed by atoms with Crippen LogP contribution < -0.4 is 9.80 Å². The number of piperazine rings is 1. The maximum absolute atomic E-state index is 14.6. The van der Waals surface area contributed by atoms with E-state index in [0.29, 0.717) is 41.4 Å². The number of nitrogens with zero attached hydrogens (tertiary/aromatic N) is 5. The van der Waals surface area contributed by atoms with E-state index >= 15 is 0 Å². The fourth-order valence-electron chi connectivity index (χ4n) is 4.97. The molecule has 2 aromatic heterocycles. The highest BCUT2D eigenvalue weighted by molar-refractivity contribution is 7.90. The predicted octanol–water partition coefficient (Wildman–Crippen LogP) is 5.28. The first-order chi connectivity index (χ1) is 17.2. The lowest BCUT2D eigenvalue weighted by Crippen LogP contribution is -2.56. The average Bonchev–Trinajstić information content (AvgIpc) is 3.47. The van der Waals surface area contributed by atoms with E-state index in [1.54, 1.807) is 42.5 Å². The van der Waals surface area contributed by atoms with Crippen LogP contribution in [0.5, 0.6) is 0 Å². The van der Waals surface area contributed by atoms with E-state index in [1.807, 2.05) is 11.8 Å². The molecule has 1 aliphatic carbocycles. The summed E-state index contributed by atoms with van der Waals surface area (Å²) >= 11 is 12.5. The molecule has 0 N–H and O–H groups in total. The standard InChI is InChI=1S/C25H22Cl2FN5O2S/c1-16-5-7-18(8-6-16)36(34,35)33-21-4-2-3-19(27)22(21)24(30-33)32-12-11-31(15-25(32)9-10-25)23-20(28)13-17(26)14-29-23/h2-8,13-14H,9-12,15H2,1H3. The Labute approximate surface area is 218 Å². The van der Waals surface area contributed by atoms with Crippen LogP contribution in [0.1, 0.15) is 18.4 Å². The first-order valence-electron chi connectivity index (χ1n) is 11.5. The maximum atomic E-state index is 14.6. The Bertz CT molecular complexity index is 1600. The van der Waals surface area contributed by atoms with E-state index in [1.165, 1.54) is 12.3 Å². The van der Waals surface area contributed by atoms with E-state index < -0.39 is 15.8 Å². The molecule has 2 fully saturated rings. The lowest BCUT2D eigenvalue weighted by molar-refractivity contribution is 0.492. The summed E-state index contributed by atoms with van der Waals surface area (Å²) in [6, 6.07) is 13.1. The van der Waals surface area contributed by atoms with Crippen molar-refractivity contribution >= 4 is 55.8 Å². The van der Waals surface area contributed by atoms with Gasteiger partial charge in [0.15, 0.2) is 17.5 Å². The summed E-state index contributed by atoms with van der Waals surface area (Å²) < 4.78 is 42.9. The third-order valence-electron chi connectivity index (χ3n) is 6.98.